The predicted molar refractivity (Wildman–Crippen MR) is 68.5 cm³/mol. The summed E-state index contributed by atoms with van der Waals surface area (Å²) < 4.78 is 5.67. The van der Waals surface area contributed by atoms with Crippen LogP contribution in [0.15, 0.2) is 12.2 Å². The minimum absolute atomic E-state index is 0.0181. The van der Waals surface area contributed by atoms with Crippen LogP contribution in [0.4, 0.5) is 0 Å². The first kappa shape index (κ1) is 12.7. The maximum atomic E-state index is 12.1. The highest BCUT2D eigenvalue weighted by atomic mass is 16.5. The number of rotatable bonds is 2. The Kier molecular flexibility index (Phi) is 3.09. The molecule has 2 nitrogen and oxygen atoms in total. The number of hydrogen-bond donors (Lipinski definition) is 0. The van der Waals surface area contributed by atoms with Crippen molar-refractivity contribution in [2.24, 2.45) is 23.2 Å². The lowest BCUT2D eigenvalue weighted by Gasteiger charge is -2.52. The molecule has 1 aliphatic carbocycles. The first-order chi connectivity index (χ1) is 7.84. The number of esters is 1. The molecular formula is C15H24O2. The van der Waals surface area contributed by atoms with Crippen molar-refractivity contribution >= 4 is 5.97 Å². The molecule has 2 aliphatic rings. The van der Waals surface area contributed by atoms with Gasteiger partial charge in [0.1, 0.15) is 6.10 Å². The van der Waals surface area contributed by atoms with Crippen LogP contribution >= 0.6 is 0 Å². The van der Waals surface area contributed by atoms with E-state index in [-0.39, 0.29) is 23.4 Å². The van der Waals surface area contributed by atoms with Gasteiger partial charge in [0.05, 0.1) is 5.92 Å². The fourth-order valence-corrected chi connectivity index (χ4v) is 3.71. The molecule has 0 aromatic heterocycles. The lowest BCUT2D eigenvalue weighted by atomic mass is 9.57. The smallest absolute Gasteiger partial charge is 0.313 e. The van der Waals surface area contributed by atoms with Crippen LogP contribution in [0.1, 0.15) is 47.0 Å². The summed E-state index contributed by atoms with van der Waals surface area (Å²) in [5, 5.41) is 0. The van der Waals surface area contributed by atoms with Gasteiger partial charge in [-0.05, 0) is 30.6 Å². The van der Waals surface area contributed by atoms with Gasteiger partial charge in [0.15, 0.2) is 0 Å². The molecule has 1 heterocycles. The number of carbonyl (C=O) groups excluding carboxylic acids is 1. The summed E-state index contributed by atoms with van der Waals surface area (Å²) in [4.78, 5) is 12.1. The summed E-state index contributed by atoms with van der Waals surface area (Å²) in [5.74, 6) is 0.953. The number of fused-ring (bicyclic) bond motifs is 2. The van der Waals surface area contributed by atoms with Crippen molar-refractivity contribution in [2.75, 3.05) is 0 Å². The van der Waals surface area contributed by atoms with E-state index in [0.29, 0.717) is 11.8 Å². The van der Waals surface area contributed by atoms with Crippen LogP contribution in [0.25, 0.3) is 0 Å². The van der Waals surface area contributed by atoms with E-state index in [0.717, 1.165) is 24.8 Å². The lowest BCUT2D eigenvalue weighted by Crippen LogP contribution is -2.54. The van der Waals surface area contributed by atoms with Crippen molar-refractivity contribution in [2.45, 2.75) is 53.1 Å². The molecule has 0 spiro atoms. The molecule has 1 aliphatic heterocycles. The third kappa shape index (κ3) is 2.02. The van der Waals surface area contributed by atoms with Crippen LogP contribution in [0, 0.1) is 23.2 Å². The molecule has 96 valence electrons. The van der Waals surface area contributed by atoms with Gasteiger partial charge in [-0.3, -0.25) is 4.79 Å². The van der Waals surface area contributed by atoms with E-state index >= 15 is 0 Å². The van der Waals surface area contributed by atoms with Gasteiger partial charge in [0.2, 0.25) is 0 Å². The molecule has 0 N–H and O–H groups in total. The van der Waals surface area contributed by atoms with E-state index in [4.69, 9.17) is 4.74 Å². The third-order valence-corrected chi connectivity index (χ3v) is 4.54. The molecular weight excluding hydrogens is 212 g/mol. The van der Waals surface area contributed by atoms with Crippen LogP contribution < -0.4 is 0 Å². The van der Waals surface area contributed by atoms with Gasteiger partial charge in [-0.2, -0.15) is 0 Å². The predicted octanol–water partition coefficient (Wildman–Crippen LogP) is 3.57. The van der Waals surface area contributed by atoms with Crippen molar-refractivity contribution in [3.8, 4) is 0 Å². The number of ether oxygens (including phenoxy) is 1. The molecule has 0 aromatic rings. The Morgan fingerprint density at radius 2 is 2.12 bits per heavy atom. The van der Waals surface area contributed by atoms with E-state index in [1.807, 2.05) is 0 Å². The standard InChI is InChI=1S/C15H24O2/c1-9(2)8-12-11-7-6-10(3)13(14(16)17-12)15(11,4)5/h9,11-13H,3,6-8H2,1-2,4-5H3/t11-,12+,13+/m1/s1. The Hall–Kier alpha value is -0.790. The summed E-state index contributed by atoms with van der Waals surface area (Å²) in [6, 6.07) is 0. The van der Waals surface area contributed by atoms with Gasteiger partial charge in [-0.15, -0.1) is 0 Å². The Morgan fingerprint density at radius 1 is 1.47 bits per heavy atom. The van der Waals surface area contributed by atoms with Crippen molar-refractivity contribution in [3.05, 3.63) is 12.2 Å². The first-order valence-corrected chi connectivity index (χ1v) is 6.72. The SMILES string of the molecule is C=C1CC[C@@H]2[C@H](CC(C)C)OC(=O)[C@H]1C2(C)C. The second-order valence-electron chi connectivity index (χ2n) is 6.66. The molecule has 1 saturated carbocycles. The number of cyclic esters (lactones) is 1. The van der Waals surface area contributed by atoms with E-state index in [1.54, 1.807) is 0 Å². The van der Waals surface area contributed by atoms with E-state index in [9.17, 15) is 4.79 Å². The zero-order valence-electron chi connectivity index (χ0n) is 11.5. The zero-order valence-corrected chi connectivity index (χ0v) is 11.5. The molecule has 0 aromatic carbocycles. The average Bonchev–Trinajstić information content (AvgIpc) is 2.12. The largest absolute Gasteiger partial charge is 0.462 e. The van der Waals surface area contributed by atoms with E-state index in [2.05, 4.69) is 34.3 Å². The van der Waals surface area contributed by atoms with Crippen molar-refractivity contribution in [1.29, 1.82) is 0 Å². The first-order valence-electron chi connectivity index (χ1n) is 6.72. The number of hydrogen-bond acceptors (Lipinski definition) is 2. The second kappa shape index (κ2) is 4.15. The monoisotopic (exact) mass is 236 g/mol. The Morgan fingerprint density at radius 3 is 2.71 bits per heavy atom. The summed E-state index contributed by atoms with van der Waals surface area (Å²) in [5.41, 5.74) is 1.09. The average molecular weight is 236 g/mol. The molecule has 0 amide bonds. The van der Waals surface area contributed by atoms with Crippen molar-refractivity contribution in [1.82, 2.24) is 0 Å². The normalized spacial score (nSPS) is 35.9. The van der Waals surface area contributed by atoms with E-state index in [1.165, 1.54) is 0 Å². The Balaban J connectivity index is 2.28. The fourth-order valence-electron chi connectivity index (χ4n) is 3.71. The van der Waals surface area contributed by atoms with Crippen LogP contribution in [-0.2, 0) is 9.53 Å². The van der Waals surface area contributed by atoms with Gasteiger partial charge >= 0.3 is 5.97 Å². The highest BCUT2D eigenvalue weighted by Crippen LogP contribution is 2.53. The second-order valence-corrected chi connectivity index (χ2v) is 6.66. The highest BCUT2D eigenvalue weighted by Gasteiger charge is 2.54. The Labute approximate surface area is 104 Å². The minimum atomic E-state index is -0.0790. The summed E-state index contributed by atoms with van der Waals surface area (Å²) in [6.07, 6.45) is 3.20. The lowest BCUT2D eigenvalue weighted by molar-refractivity contribution is -0.184. The van der Waals surface area contributed by atoms with Crippen LogP contribution in [-0.4, -0.2) is 12.1 Å². The van der Waals surface area contributed by atoms with Gasteiger partial charge in [0, 0.05) is 5.92 Å². The molecule has 2 fully saturated rings. The van der Waals surface area contributed by atoms with Gasteiger partial charge in [-0.1, -0.05) is 39.8 Å². The molecule has 17 heavy (non-hydrogen) atoms. The van der Waals surface area contributed by atoms with Gasteiger partial charge in [0.25, 0.3) is 0 Å². The summed E-state index contributed by atoms with van der Waals surface area (Å²) in [6.45, 7) is 12.9. The van der Waals surface area contributed by atoms with Crippen molar-refractivity contribution < 1.29 is 9.53 Å². The zero-order chi connectivity index (χ0) is 12.8. The van der Waals surface area contributed by atoms with Crippen molar-refractivity contribution in [3.63, 3.8) is 0 Å². The van der Waals surface area contributed by atoms with E-state index < -0.39 is 0 Å². The maximum Gasteiger partial charge on any atom is 0.313 e. The molecule has 1 saturated heterocycles. The fraction of sp³-hybridized carbons (Fsp3) is 0.800. The van der Waals surface area contributed by atoms with Gasteiger partial charge in [-0.25, -0.2) is 0 Å². The summed E-state index contributed by atoms with van der Waals surface area (Å²) in [7, 11) is 0. The number of carbonyl (C=O) groups is 1. The Bertz CT molecular complexity index is 341. The topological polar surface area (TPSA) is 26.3 Å². The quantitative estimate of drug-likeness (QED) is 0.541. The van der Waals surface area contributed by atoms with Crippen LogP contribution in [0.2, 0.25) is 0 Å². The molecule has 2 bridgehead atoms. The molecule has 0 unspecified atom stereocenters. The molecule has 2 rings (SSSR count). The molecule has 3 atom stereocenters. The van der Waals surface area contributed by atoms with Crippen LogP contribution in [0.3, 0.4) is 0 Å². The van der Waals surface area contributed by atoms with Crippen LogP contribution in [0.5, 0.6) is 0 Å². The molecule has 2 heteroatoms. The molecule has 0 radical (unpaired) electrons. The van der Waals surface area contributed by atoms with Gasteiger partial charge < -0.3 is 4.74 Å². The summed E-state index contributed by atoms with van der Waals surface area (Å²) >= 11 is 0. The maximum absolute atomic E-state index is 12.1. The minimum Gasteiger partial charge on any atom is -0.462 e. The third-order valence-electron chi connectivity index (χ3n) is 4.54. The highest BCUT2D eigenvalue weighted by molar-refractivity contribution is 5.78.